The van der Waals surface area contributed by atoms with Gasteiger partial charge in [0, 0.05) is 5.70 Å². The molecule has 0 fully saturated rings. The van der Waals surface area contributed by atoms with Crippen molar-refractivity contribution in [2.24, 2.45) is 16.8 Å². The minimum atomic E-state index is 0.548. The number of hydrogen-bond acceptors (Lipinski definition) is 1. The van der Waals surface area contributed by atoms with E-state index in [2.05, 4.69) is 46.3 Å². The molecule has 0 aliphatic rings. The summed E-state index contributed by atoms with van der Waals surface area (Å²) in [6.45, 7) is 14.7. The molecule has 1 heteroatoms. The fourth-order valence-electron chi connectivity index (χ4n) is 1.42. The third-order valence-electron chi connectivity index (χ3n) is 3.01. The lowest BCUT2D eigenvalue weighted by molar-refractivity contribution is 0.591. The zero-order chi connectivity index (χ0) is 10.4. The van der Waals surface area contributed by atoms with Crippen molar-refractivity contribution in [2.75, 3.05) is 0 Å². The normalized spacial score (nSPS) is 17.6. The van der Waals surface area contributed by atoms with Crippen LogP contribution in [0.4, 0.5) is 0 Å². The van der Waals surface area contributed by atoms with Gasteiger partial charge < -0.3 is 0 Å². The smallest absolute Gasteiger partial charge is 0.0416 e. The third kappa shape index (κ3) is 3.33. The van der Waals surface area contributed by atoms with E-state index >= 15 is 0 Å². The predicted octanol–water partition coefficient (Wildman–Crippen LogP) is 4.05. The minimum Gasteiger partial charge on any atom is -0.269 e. The van der Waals surface area contributed by atoms with Crippen molar-refractivity contribution in [3.05, 3.63) is 11.3 Å². The van der Waals surface area contributed by atoms with Gasteiger partial charge in [0.05, 0.1) is 0 Å². The lowest BCUT2D eigenvalue weighted by Crippen LogP contribution is -2.04. The number of aliphatic imine (C=N–C) groups is 1. The highest BCUT2D eigenvalue weighted by atomic mass is 14.7. The van der Waals surface area contributed by atoms with E-state index in [0.717, 1.165) is 6.42 Å². The van der Waals surface area contributed by atoms with Crippen LogP contribution in [0.3, 0.4) is 0 Å². The lowest BCUT2D eigenvalue weighted by Gasteiger charge is -2.17. The Labute approximate surface area is 83.0 Å². The van der Waals surface area contributed by atoms with Crippen LogP contribution in [0.15, 0.2) is 16.3 Å². The zero-order valence-corrected chi connectivity index (χ0v) is 9.72. The standard InChI is InChI=1S/C12H23N/c1-7-9(3)11(5)12(13-6)10(4)8-2/h9-10H,6-8H2,1-5H3/b12-11+/t9-,10-/m1/s1. The Morgan fingerprint density at radius 3 is 1.92 bits per heavy atom. The van der Waals surface area contributed by atoms with Crippen molar-refractivity contribution in [3.8, 4) is 0 Å². The van der Waals surface area contributed by atoms with Crippen LogP contribution in [-0.4, -0.2) is 6.72 Å². The van der Waals surface area contributed by atoms with Gasteiger partial charge in [-0.2, -0.15) is 0 Å². The van der Waals surface area contributed by atoms with E-state index in [0.29, 0.717) is 11.8 Å². The molecule has 0 radical (unpaired) electrons. The number of hydrogen-bond donors (Lipinski definition) is 0. The summed E-state index contributed by atoms with van der Waals surface area (Å²) in [5, 5.41) is 0. The Kier molecular flexibility index (Phi) is 5.68. The minimum absolute atomic E-state index is 0.548. The molecule has 0 spiro atoms. The van der Waals surface area contributed by atoms with Crippen LogP contribution >= 0.6 is 0 Å². The molecule has 2 atom stereocenters. The maximum Gasteiger partial charge on any atom is 0.0416 e. The van der Waals surface area contributed by atoms with E-state index in [1.54, 1.807) is 0 Å². The maximum atomic E-state index is 4.16. The molecule has 0 bridgehead atoms. The Balaban J connectivity index is 4.77. The number of nitrogens with zero attached hydrogens (tertiary/aromatic N) is 1. The van der Waals surface area contributed by atoms with Gasteiger partial charge in [-0.3, -0.25) is 4.99 Å². The summed E-state index contributed by atoms with van der Waals surface area (Å²) in [5.74, 6) is 1.18. The zero-order valence-electron chi connectivity index (χ0n) is 9.72. The number of allylic oxidation sites excluding steroid dienone is 2. The van der Waals surface area contributed by atoms with Crippen LogP contribution in [0.5, 0.6) is 0 Å². The van der Waals surface area contributed by atoms with Gasteiger partial charge in [-0.05, 0) is 43.9 Å². The molecule has 0 aromatic rings. The topological polar surface area (TPSA) is 12.4 Å². The molecular weight excluding hydrogens is 158 g/mol. The first-order valence-electron chi connectivity index (χ1n) is 5.25. The summed E-state index contributed by atoms with van der Waals surface area (Å²) >= 11 is 0. The van der Waals surface area contributed by atoms with Crippen molar-refractivity contribution >= 4 is 6.72 Å². The summed E-state index contributed by atoms with van der Waals surface area (Å²) in [7, 11) is 0. The quantitative estimate of drug-likeness (QED) is 0.567. The second kappa shape index (κ2) is 5.95. The van der Waals surface area contributed by atoms with Crippen LogP contribution in [-0.2, 0) is 0 Å². The van der Waals surface area contributed by atoms with Gasteiger partial charge in [-0.1, -0.05) is 27.7 Å². The van der Waals surface area contributed by atoms with Crippen LogP contribution in [0.2, 0.25) is 0 Å². The molecule has 0 N–H and O–H groups in total. The van der Waals surface area contributed by atoms with E-state index in [4.69, 9.17) is 0 Å². The predicted molar refractivity (Wildman–Crippen MR) is 61.2 cm³/mol. The van der Waals surface area contributed by atoms with Crippen LogP contribution < -0.4 is 0 Å². The molecule has 0 aromatic carbocycles. The SMILES string of the molecule is C=N/C(=C(\C)[C@H](C)CC)[C@H](C)CC. The molecule has 0 saturated heterocycles. The molecule has 0 aliphatic carbocycles. The van der Waals surface area contributed by atoms with E-state index < -0.39 is 0 Å². The van der Waals surface area contributed by atoms with Gasteiger partial charge in [-0.15, -0.1) is 0 Å². The first-order chi connectivity index (χ1) is 6.08. The molecule has 13 heavy (non-hydrogen) atoms. The Hall–Kier alpha value is -0.590. The second-order valence-electron chi connectivity index (χ2n) is 3.84. The van der Waals surface area contributed by atoms with Gasteiger partial charge in [-0.25, -0.2) is 0 Å². The van der Waals surface area contributed by atoms with Crippen LogP contribution in [0, 0.1) is 11.8 Å². The van der Waals surface area contributed by atoms with Crippen LogP contribution in [0.25, 0.3) is 0 Å². The highest BCUT2D eigenvalue weighted by Gasteiger charge is 2.12. The molecule has 0 heterocycles. The largest absolute Gasteiger partial charge is 0.269 e. The summed E-state index contributed by atoms with van der Waals surface area (Å²) in [6.07, 6.45) is 2.32. The lowest BCUT2D eigenvalue weighted by atomic mass is 9.92. The molecule has 0 rings (SSSR count). The Bertz CT molecular complexity index is 191. The molecule has 0 aromatic heterocycles. The van der Waals surface area contributed by atoms with Crippen molar-refractivity contribution in [3.63, 3.8) is 0 Å². The van der Waals surface area contributed by atoms with Gasteiger partial charge >= 0.3 is 0 Å². The monoisotopic (exact) mass is 181 g/mol. The maximum absolute atomic E-state index is 4.16. The highest BCUT2D eigenvalue weighted by molar-refractivity contribution is 5.31. The first kappa shape index (κ1) is 12.4. The molecular formula is C12H23N. The van der Waals surface area contributed by atoms with Crippen molar-refractivity contribution in [1.29, 1.82) is 0 Å². The summed E-state index contributed by atoms with van der Waals surface area (Å²) in [6, 6.07) is 0. The van der Waals surface area contributed by atoms with E-state index in [9.17, 15) is 0 Å². The molecule has 0 amide bonds. The van der Waals surface area contributed by atoms with Gasteiger partial charge in [0.2, 0.25) is 0 Å². The Morgan fingerprint density at radius 1 is 1.15 bits per heavy atom. The summed E-state index contributed by atoms with van der Waals surface area (Å²) in [4.78, 5) is 4.16. The second-order valence-corrected chi connectivity index (χ2v) is 3.84. The molecule has 76 valence electrons. The van der Waals surface area contributed by atoms with E-state index in [-0.39, 0.29) is 0 Å². The average Bonchev–Trinajstić information content (AvgIpc) is 2.17. The van der Waals surface area contributed by atoms with Gasteiger partial charge in [0.15, 0.2) is 0 Å². The third-order valence-corrected chi connectivity index (χ3v) is 3.01. The van der Waals surface area contributed by atoms with E-state index in [1.807, 2.05) is 0 Å². The van der Waals surface area contributed by atoms with Gasteiger partial charge in [0.1, 0.15) is 0 Å². The number of rotatable bonds is 5. The van der Waals surface area contributed by atoms with Crippen molar-refractivity contribution < 1.29 is 0 Å². The van der Waals surface area contributed by atoms with Crippen molar-refractivity contribution in [2.45, 2.75) is 47.5 Å². The first-order valence-corrected chi connectivity index (χ1v) is 5.25. The molecule has 0 saturated carbocycles. The molecule has 0 aliphatic heterocycles. The molecule has 1 nitrogen and oxygen atoms in total. The van der Waals surface area contributed by atoms with Crippen LogP contribution in [0.1, 0.15) is 47.5 Å². The Morgan fingerprint density at radius 2 is 1.62 bits per heavy atom. The summed E-state index contributed by atoms with van der Waals surface area (Å²) in [5.41, 5.74) is 2.61. The average molecular weight is 181 g/mol. The molecule has 0 unspecified atom stereocenters. The summed E-state index contributed by atoms with van der Waals surface area (Å²) < 4.78 is 0. The fraction of sp³-hybridized carbons (Fsp3) is 0.750. The van der Waals surface area contributed by atoms with Gasteiger partial charge in [0.25, 0.3) is 0 Å². The van der Waals surface area contributed by atoms with E-state index in [1.165, 1.54) is 17.7 Å². The highest BCUT2D eigenvalue weighted by Crippen LogP contribution is 2.25. The van der Waals surface area contributed by atoms with Crippen molar-refractivity contribution in [1.82, 2.24) is 0 Å². The fourth-order valence-corrected chi connectivity index (χ4v) is 1.42.